The normalized spacial score (nSPS) is 35.8. The average Bonchev–Trinajstić information content (AvgIpc) is 3.45. The van der Waals surface area contributed by atoms with Crippen molar-refractivity contribution in [3.05, 3.63) is 35.4 Å². The average molecular weight is 523 g/mol. The van der Waals surface area contributed by atoms with Crippen LogP contribution in [0.5, 0.6) is 11.5 Å². The number of aliphatic hydroxyl groups is 1. The molecule has 2 N–H and O–H groups in total. The van der Waals surface area contributed by atoms with Crippen molar-refractivity contribution >= 4 is 12.0 Å². The van der Waals surface area contributed by atoms with Gasteiger partial charge in [-0.15, -0.1) is 0 Å². The third kappa shape index (κ3) is 3.62. The van der Waals surface area contributed by atoms with Gasteiger partial charge in [0, 0.05) is 42.6 Å². The molecule has 6 atom stereocenters. The molecule has 9 nitrogen and oxygen atoms in total. The van der Waals surface area contributed by atoms with Gasteiger partial charge >= 0.3 is 6.09 Å². The zero-order chi connectivity index (χ0) is 26.0. The molecule has 0 radical (unpaired) electrons. The maximum atomic E-state index is 13.5. The maximum Gasteiger partial charge on any atom is 0.416 e. The monoisotopic (exact) mass is 522 g/mol. The third-order valence-corrected chi connectivity index (χ3v) is 10.00. The number of aliphatic hydroxyl groups excluding tert-OH is 1. The number of carbonyl (C=O) groups is 2. The first kappa shape index (κ1) is 24.4. The highest BCUT2D eigenvalue weighted by atomic mass is 16.6. The highest BCUT2D eigenvalue weighted by molar-refractivity contribution is 5.86. The van der Waals surface area contributed by atoms with Gasteiger partial charge in [0.1, 0.15) is 18.2 Å². The van der Waals surface area contributed by atoms with Crippen LogP contribution in [0.1, 0.15) is 56.1 Å². The van der Waals surface area contributed by atoms with Crippen LogP contribution in [0.25, 0.3) is 0 Å². The topological polar surface area (TPSA) is 94.6 Å². The molecule has 3 saturated heterocycles. The van der Waals surface area contributed by atoms with Gasteiger partial charge < -0.3 is 19.5 Å². The molecule has 2 amide bonds. The van der Waals surface area contributed by atoms with E-state index in [0.29, 0.717) is 30.5 Å². The summed E-state index contributed by atoms with van der Waals surface area (Å²) in [4.78, 5) is 30.6. The Morgan fingerprint density at radius 1 is 1.08 bits per heavy atom. The number of piperidine rings is 1. The smallest absolute Gasteiger partial charge is 0.416 e. The molecule has 1 aromatic carbocycles. The molecule has 6 aliphatic rings. The second kappa shape index (κ2) is 9.24. The molecular weight excluding hydrogens is 484 g/mol. The zero-order valence-electron chi connectivity index (χ0n) is 22.1. The molecule has 9 heteroatoms. The number of likely N-dealkylation sites (tertiary alicyclic amines) is 2. The lowest BCUT2D eigenvalue weighted by Gasteiger charge is -2.56. The minimum atomic E-state index is -0.706. The van der Waals surface area contributed by atoms with Gasteiger partial charge in [0.05, 0.1) is 0 Å². The van der Waals surface area contributed by atoms with E-state index < -0.39 is 18.2 Å². The van der Waals surface area contributed by atoms with Crippen LogP contribution in [0.3, 0.4) is 0 Å². The van der Waals surface area contributed by atoms with Crippen LogP contribution >= 0.6 is 0 Å². The largest absolute Gasteiger partial charge is 0.482 e. The molecule has 1 spiro atoms. The first-order chi connectivity index (χ1) is 18.5. The summed E-state index contributed by atoms with van der Waals surface area (Å²) in [6.07, 6.45) is 10.1. The summed E-state index contributed by atoms with van der Waals surface area (Å²) in [5, 5.41) is 13.0. The standard InChI is InChI=1S/C29H38N4O5/c1-31-16-12-29-19-9-10-22(34)26(29)38-25-23(11-8-18(24(25)29)17-21(19)31)37-28(36)33-15-6-7-20(33)27(35)30-32-13-4-2-3-5-14-32/h8-11,19-22,26,34H,2-7,12-17H2,1H3,(H,30,35)/t19?,20?,21?,22-,26-,29-/m0/s1. The summed E-state index contributed by atoms with van der Waals surface area (Å²) in [5.41, 5.74) is 5.08. The fourth-order valence-electron chi connectivity index (χ4n) is 8.13. The summed E-state index contributed by atoms with van der Waals surface area (Å²) in [6.45, 7) is 3.12. The van der Waals surface area contributed by atoms with Gasteiger partial charge in [0.15, 0.2) is 11.5 Å². The molecule has 0 saturated carbocycles. The number of nitrogens with zero attached hydrogens (tertiary/aromatic N) is 3. The first-order valence-corrected chi connectivity index (χ1v) is 14.4. The SMILES string of the molecule is CN1CC[C@]23c4c5ccc(OC(=O)N6CCCC6C(=O)NN6CCCCCC6)c4O[C@H]2[C@@H](O)C=CC3C1C5. The number of hydrogen-bond acceptors (Lipinski definition) is 7. The number of ether oxygens (including phenoxy) is 2. The highest BCUT2D eigenvalue weighted by Gasteiger charge is 2.64. The number of nitrogens with one attached hydrogen (secondary N) is 1. The Balaban J connectivity index is 1.14. The zero-order valence-corrected chi connectivity index (χ0v) is 22.1. The van der Waals surface area contributed by atoms with Gasteiger partial charge in [-0.05, 0) is 63.7 Å². The summed E-state index contributed by atoms with van der Waals surface area (Å²) in [5.74, 6) is 1.10. The van der Waals surface area contributed by atoms with E-state index in [4.69, 9.17) is 9.47 Å². The van der Waals surface area contributed by atoms with Crippen molar-refractivity contribution in [2.45, 2.75) is 81.1 Å². The lowest BCUT2D eigenvalue weighted by Crippen LogP contribution is -2.64. The predicted molar refractivity (Wildman–Crippen MR) is 140 cm³/mol. The number of likely N-dealkylation sites (N-methyl/N-ethyl adjacent to an activating group) is 1. The Kier molecular flexibility index (Phi) is 5.94. The lowest BCUT2D eigenvalue weighted by atomic mass is 9.53. The van der Waals surface area contributed by atoms with Gasteiger partial charge in [-0.1, -0.05) is 31.1 Å². The van der Waals surface area contributed by atoms with Crippen LogP contribution in [0, 0.1) is 5.92 Å². The Bertz CT molecular complexity index is 1160. The first-order valence-electron chi connectivity index (χ1n) is 14.4. The minimum absolute atomic E-state index is 0.133. The minimum Gasteiger partial charge on any atom is -0.482 e. The van der Waals surface area contributed by atoms with E-state index in [1.165, 1.54) is 18.4 Å². The quantitative estimate of drug-likeness (QED) is 0.589. The van der Waals surface area contributed by atoms with Gasteiger partial charge in [-0.25, -0.2) is 9.80 Å². The van der Waals surface area contributed by atoms with Crippen LogP contribution in [-0.4, -0.2) is 89.4 Å². The Morgan fingerprint density at radius 2 is 1.89 bits per heavy atom. The number of amides is 2. The second-order valence-electron chi connectivity index (χ2n) is 12.0. The van der Waals surface area contributed by atoms with E-state index in [2.05, 4.69) is 29.5 Å². The number of hydrogen-bond donors (Lipinski definition) is 2. The fraction of sp³-hybridized carbons (Fsp3) is 0.655. The predicted octanol–water partition coefficient (Wildman–Crippen LogP) is 2.36. The summed E-state index contributed by atoms with van der Waals surface area (Å²) < 4.78 is 12.5. The number of benzene rings is 1. The Labute approximate surface area is 223 Å². The molecule has 1 aromatic rings. The summed E-state index contributed by atoms with van der Waals surface area (Å²) >= 11 is 0. The molecular formula is C29H38N4O5. The van der Waals surface area contributed by atoms with Crippen molar-refractivity contribution in [3.8, 4) is 11.5 Å². The van der Waals surface area contributed by atoms with E-state index >= 15 is 0 Å². The molecule has 2 aliphatic carbocycles. The molecule has 0 aromatic heterocycles. The van der Waals surface area contributed by atoms with E-state index in [1.807, 2.05) is 17.2 Å². The van der Waals surface area contributed by atoms with Crippen molar-refractivity contribution in [2.75, 3.05) is 33.2 Å². The van der Waals surface area contributed by atoms with Crippen LogP contribution < -0.4 is 14.9 Å². The van der Waals surface area contributed by atoms with Crippen molar-refractivity contribution < 1.29 is 24.2 Å². The van der Waals surface area contributed by atoms with E-state index in [1.54, 1.807) is 4.90 Å². The number of hydrazine groups is 1. The van der Waals surface area contributed by atoms with E-state index in [-0.39, 0.29) is 23.3 Å². The molecule has 2 bridgehead atoms. The highest BCUT2D eigenvalue weighted by Crippen LogP contribution is 2.62. The van der Waals surface area contributed by atoms with Gasteiger partial charge in [0.25, 0.3) is 5.91 Å². The molecule has 4 aliphatic heterocycles. The fourth-order valence-corrected chi connectivity index (χ4v) is 8.13. The molecule has 7 rings (SSSR count). The van der Waals surface area contributed by atoms with Crippen molar-refractivity contribution in [3.63, 3.8) is 0 Å². The Morgan fingerprint density at radius 3 is 2.71 bits per heavy atom. The molecule has 3 fully saturated rings. The summed E-state index contributed by atoms with van der Waals surface area (Å²) in [6, 6.07) is 3.72. The van der Waals surface area contributed by atoms with Gasteiger partial charge in [-0.3, -0.25) is 15.1 Å². The lowest BCUT2D eigenvalue weighted by molar-refractivity contribution is -0.129. The number of rotatable bonds is 3. The van der Waals surface area contributed by atoms with Gasteiger partial charge in [-0.2, -0.15) is 0 Å². The van der Waals surface area contributed by atoms with Crippen molar-refractivity contribution in [1.29, 1.82) is 0 Å². The number of carbonyl (C=O) groups excluding carboxylic acids is 2. The molecule has 4 heterocycles. The van der Waals surface area contributed by atoms with E-state index in [9.17, 15) is 14.7 Å². The van der Waals surface area contributed by atoms with Crippen molar-refractivity contribution in [1.82, 2.24) is 20.2 Å². The second-order valence-corrected chi connectivity index (χ2v) is 12.0. The van der Waals surface area contributed by atoms with Crippen molar-refractivity contribution in [2.24, 2.45) is 5.92 Å². The Hall–Kier alpha value is -2.62. The van der Waals surface area contributed by atoms with Crippen LogP contribution in [0.4, 0.5) is 4.79 Å². The van der Waals surface area contributed by atoms with Crippen LogP contribution in [0.2, 0.25) is 0 Å². The van der Waals surface area contributed by atoms with E-state index in [0.717, 1.165) is 57.3 Å². The third-order valence-electron chi connectivity index (χ3n) is 10.00. The summed E-state index contributed by atoms with van der Waals surface area (Å²) in [7, 11) is 2.18. The van der Waals surface area contributed by atoms with Gasteiger partial charge in [0.2, 0.25) is 0 Å². The molecule has 3 unspecified atom stereocenters. The van der Waals surface area contributed by atoms with Crippen LogP contribution in [0.15, 0.2) is 24.3 Å². The molecule has 38 heavy (non-hydrogen) atoms. The maximum absolute atomic E-state index is 13.5. The van der Waals surface area contributed by atoms with Crippen LogP contribution in [-0.2, 0) is 16.6 Å². The molecule has 204 valence electrons.